The summed E-state index contributed by atoms with van der Waals surface area (Å²) in [6.45, 7) is 4.93. The number of likely N-dealkylation sites (tertiary alicyclic amines) is 1. The van der Waals surface area contributed by atoms with Crippen LogP contribution in [0.4, 0.5) is 0 Å². The Bertz CT molecular complexity index is 463. The molecule has 2 N–H and O–H groups in total. The van der Waals surface area contributed by atoms with E-state index >= 15 is 0 Å². The van der Waals surface area contributed by atoms with Crippen LogP contribution in [0.15, 0.2) is 12.4 Å². The van der Waals surface area contributed by atoms with E-state index in [1.54, 1.807) is 6.20 Å². The number of carbonyl (C=O) groups is 1. The highest BCUT2D eigenvalue weighted by atomic mass is 16.5. The highest BCUT2D eigenvalue weighted by molar-refractivity contribution is 5.77. The fourth-order valence-corrected chi connectivity index (χ4v) is 2.65. The molecule has 0 aliphatic carbocycles. The summed E-state index contributed by atoms with van der Waals surface area (Å²) >= 11 is 0. The number of rotatable bonds is 7. The molecule has 2 rings (SSSR count). The molecule has 2 heterocycles. The maximum atomic E-state index is 11.5. The SMILES string of the molecule is CCCn1ccnc1CN1C[C@@H](O)[C@H](NC(=O)COC)C1. The smallest absolute Gasteiger partial charge is 0.246 e. The Balaban J connectivity index is 1.88. The molecular formula is C14H24N4O3. The zero-order valence-electron chi connectivity index (χ0n) is 12.7. The number of aliphatic hydroxyl groups is 1. The molecule has 0 aromatic carbocycles. The first kappa shape index (κ1) is 15.9. The van der Waals surface area contributed by atoms with Crippen LogP contribution >= 0.6 is 0 Å². The van der Waals surface area contributed by atoms with Crippen LogP contribution in [0.3, 0.4) is 0 Å². The van der Waals surface area contributed by atoms with Crippen LogP contribution in [0.1, 0.15) is 19.2 Å². The van der Waals surface area contributed by atoms with Crippen molar-refractivity contribution in [2.45, 2.75) is 38.6 Å². The molecule has 0 unspecified atom stereocenters. The Morgan fingerprint density at radius 1 is 1.57 bits per heavy atom. The van der Waals surface area contributed by atoms with Crippen LogP contribution in [0.25, 0.3) is 0 Å². The lowest BCUT2D eigenvalue weighted by molar-refractivity contribution is -0.125. The number of carbonyl (C=O) groups excluding carboxylic acids is 1. The minimum absolute atomic E-state index is 0.0180. The molecule has 1 saturated heterocycles. The number of aromatic nitrogens is 2. The molecular weight excluding hydrogens is 272 g/mol. The van der Waals surface area contributed by atoms with Gasteiger partial charge in [-0.05, 0) is 6.42 Å². The van der Waals surface area contributed by atoms with Crippen molar-refractivity contribution in [3.05, 3.63) is 18.2 Å². The van der Waals surface area contributed by atoms with E-state index in [1.807, 2.05) is 6.20 Å². The quantitative estimate of drug-likeness (QED) is 0.716. The molecule has 7 heteroatoms. The van der Waals surface area contributed by atoms with E-state index in [4.69, 9.17) is 4.74 Å². The molecule has 7 nitrogen and oxygen atoms in total. The molecule has 1 aliphatic rings. The van der Waals surface area contributed by atoms with Crippen LogP contribution < -0.4 is 5.32 Å². The van der Waals surface area contributed by atoms with Crippen molar-refractivity contribution in [2.75, 3.05) is 26.8 Å². The normalized spacial score (nSPS) is 22.6. The number of hydrogen-bond acceptors (Lipinski definition) is 5. The van der Waals surface area contributed by atoms with Gasteiger partial charge in [-0.3, -0.25) is 9.69 Å². The summed E-state index contributed by atoms with van der Waals surface area (Å²) in [4.78, 5) is 18.0. The number of ether oxygens (including phenoxy) is 1. The Hall–Kier alpha value is -1.44. The highest BCUT2D eigenvalue weighted by Crippen LogP contribution is 2.14. The van der Waals surface area contributed by atoms with Crippen LogP contribution in [0.5, 0.6) is 0 Å². The average molecular weight is 296 g/mol. The van der Waals surface area contributed by atoms with Gasteiger partial charge in [-0.2, -0.15) is 0 Å². The first-order chi connectivity index (χ1) is 10.1. The van der Waals surface area contributed by atoms with Gasteiger partial charge in [-0.25, -0.2) is 4.98 Å². The molecule has 1 fully saturated rings. The lowest BCUT2D eigenvalue weighted by Gasteiger charge is -2.17. The van der Waals surface area contributed by atoms with Gasteiger partial charge in [-0.15, -0.1) is 0 Å². The number of methoxy groups -OCH3 is 1. The Morgan fingerprint density at radius 3 is 3.10 bits per heavy atom. The lowest BCUT2D eigenvalue weighted by Crippen LogP contribution is -2.44. The Morgan fingerprint density at radius 2 is 2.38 bits per heavy atom. The number of nitrogens with one attached hydrogen (secondary N) is 1. The summed E-state index contributed by atoms with van der Waals surface area (Å²) in [5.41, 5.74) is 0. The molecule has 0 bridgehead atoms. The van der Waals surface area contributed by atoms with Crippen molar-refractivity contribution in [1.82, 2.24) is 19.8 Å². The van der Waals surface area contributed by atoms with Crippen molar-refractivity contribution >= 4 is 5.91 Å². The van der Waals surface area contributed by atoms with Crippen molar-refractivity contribution in [2.24, 2.45) is 0 Å². The minimum atomic E-state index is -0.555. The number of nitrogens with zero attached hydrogens (tertiary/aromatic N) is 3. The standard InChI is InChI=1S/C14H24N4O3/c1-3-5-18-6-4-15-13(18)9-17-7-11(12(19)8-17)16-14(20)10-21-2/h4,6,11-12,19H,3,5,7-10H2,1-2H3,(H,16,20)/t11-,12-/m1/s1. The molecule has 2 atom stereocenters. The predicted molar refractivity (Wildman–Crippen MR) is 77.6 cm³/mol. The Kier molecular flexibility index (Phi) is 5.72. The van der Waals surface area contributed by atoms with Crippen LogP contribution in [0, 0.1) is 0 Å². The molecule has 1 aromatic heterocycles. The topological polar surface area (TPSA) is 79.6 Å². The van der Waals surface area contributed by atoms with E-state index in [1.165, 1.54) is 7.11 Å². The second-order valence-electron chi connectivity index (χ2n) is 5.41. The third-order valence-electron chi connectivity index (χ3n) is 3.62. The van der Waals surface area contributed by atoms with Crippen LogP contribution in [-0.2, 0) is 22.6 Å². The van der Waals surface area contributed by atoms with Gasteiger partial charge in [0.25, 0.3) is 0 Å². The molecule has 1 aromatic rings. The highest BCUT2D eigenvalue weighted by Gasteiger charge is 2.32. The number of aryl methyl sites for hydroxylation is 1. The van der Waals surface area contributed by atoms with Gasteiger partial charge in [0.05, 0.1) is 18.7 Å². The zero-order chi connectivity index (χ0) is 15.2. The van der Waals surface area contributed by atoms with Crippen LogP contribution in [-0.4, -0.2) is 64.4 Å². The molecule has 1 amide bonds. The van der Waals surface area contributed by atoms with Gasteiger partial charge in [0.2, 0.25) is 5.91 Å². The monoisotopic (exact) mass is 296 g/mol. The summed E-state index contributed by atoms with van der Waals surface area (Å²) < 4.78 is 6.91. The fourth-order valence-electron chi connectivity index (χ4n) is 2.65. The van der Waals surface area contributed by atoms with Crippen molar-refractivity contribution in [1.29, 1.82) is 0 Å². The third kappa shape index (κ3) is 4.26. The van der Waals surface area contributed by atoms with E-state index in [0.717, 1.165) is 18.8 Å². The van der Waals surface area contributed by atoms with E-state index in [9.17, 15) is 9.90 Å². The maximum absolute atomic E-state index is 11.5. The fraction of sp³-hybridized carbons (Fsp3) is 0.714. The lowest BCUT2D eigenvalue weighted by atomic mass is 10.2. The van der Waals surface area contributed by atoms with Crippen molar-refractivity contribution in [3.8, 4) is 0 Å². The molecule has 0 saturated carbocycles. The number of amides is 1. The number of imidazole rings is 1. The average Bonchev–Trinajstić information content (AvgIpc) is 2.99. The first-order valence-electron chi connectivity index (χ1n) is 7.32. The summed E-state index contributed by atoms with van der Waals surface area (Å²) in [6.07, 6.45) is 4.28. The summed E-state index contributed by atoms with van der Waals surface area (Å²) in [6, 6.07) is -0.248. The second kappa shape index (κ2) is 7.53. The number of aliphatic hydroxyl groups excluding tert-OH is 1. The summed E-state index contributed by atoms with van der Waals surface area (Å²) in [7, 11) is 1.48. The second-order valence-corrected chi connectivity index (χ2v) is 5.41. The summed E-state index contributed by atoms with van der Waals surface area (Å²) in [5.74, 6) is 0.795. The molecule has 118 valence electrons. The van der Waals surface area contributed by atoms with Crippen molar-refractivity contribution < 1.29 is 14.6 Å². The molecule has 0 radical (unpaired) electrons. The molecule has 1 aliphatic heterocycles. The van der Waals surface area contributed by atoms with Crippen LogP contribution in [0.2, 0.25) is 0 Å². The van der Waals surface area contributed by atoms with Gasteiger partial charge in [0.1, 0.15) is 12.4 Å². The van der Waals surface area contributed by atoms with E-state index in [2.05, 4.69) is 26.7 Å². The van der Waals surface area contributed by atoms with E-state index < -0.39 is 6.10 Å². The Labute approximate surface area is 124 Å². The number of β-amino-alcohol motifs (C(OH)–C–C–N with tert-alkyl or cyclic N) is 1. The van der Waals surface area contributed by atoms with Gasteiger partial charge in [-0.1, -0.05) is 6.92 Å². The van der Waals surface area contributed by atoms with Gasteiger partial charge in [0, 0.05) is 39.1 Å². The van der Waals surface area contributed by atoms with E-state index in [0.29, 0.717) is 19.6 Å². The first-order valence-corrected chi connectivity index (χ1v) is 7.32. The number of hydrogen-bond donors (Lipinski definition) is 2. The maximum Gasteiger partial charge on any atom is 0.246 e. The van der Waals surface area contributed by atoms with Gasteiger partial charge >= 0.3 is 0 Å². The largest absolute Gasteiger partial charge is 0.390 e. The van der Waals surface area contributed by atoms with E-state index in [-0.39, 0.29) is 18.6 Å². The van der Waals surface area contributed by atoms with Gasteiger partial charge < -0.3 is 19.7 Å². The van der Waals surface area contributed by atoms with Gasteiger partial charge in [0.15, 0.2) is 0 Å². The minimum Gasteiger partial charge on any atom is -0.390 e. The predicted octanol–water partition coefficient (Wildman–Crippen LogP) is -0.399. The molecule has 21 heavy (non-hydrogen) atoms. The molecule has 0 spiro atoms. The zero-order valence-corrected chi connectivity index (χ0v) is 12.7. The van der Waals surface area contributed by atoms with Crippen molar-refractivity contribution in [3.63, 3.8) is 0 Å². The summed E-state index contributed by atoms with van der Waals surface area (Å²) in [5, 5.41) is 12.8. The third-order valence-corrected chi connectivity index (χ3v) is 3.62.